The molecule has 3 atom stereocenters. The van der Waals surface area contributed by atoms with Crippen LogP contribution < -0.4 is 5.73 Å². The van der Waals surface area contributed by atoms with Crippen LogP contribution in [0.1, 0.15) is 20.3 Å². The van der Waals surface area contributed by atoms with Crippen LogP contribution in [0.3, 0.4) is 0 Å². The Labute approximate surface area is 108 Å². The smallest absolute Gasteiger partial charge is 0.227 e. The topological polar surface area (TPSA) is 101 Å². The second-order valence-corrected chi connectivity index (χ2v) is 7.19. The minimum atomic E-state index is -3.05. The van der Waals surface area contributed by atoms with Crippen molar-refractivity contribution < 1.29 is 18.3 Å². The van der Waals surface area contributed by atoms with Gasteiger partial charge in [0.05, 0.1) is 24.0 Å². The zero-order chi connectivity index (χ0) is 13.9. The predicted octanol–water partition coefficient (Wildman–Crippen LogP) is -1.02. The molecule has 1 saturated heterocycles. The number of nitrogens with zero attached hydrogens (tertiary/aromatic N) is 1. The third kappa shape index (κ3) is 3.66. The van der Waals surface area contributed by atoms with Crippen molar-refractivity contribution in [3.8, 4) is 0 Å². The van der Waals surface area contributed by atoms with Crippen molar-refractivity contribution >= 4 is 15.7 Å². The number of carbonyl (C=O) groups is 1. The Bertz CT molecular complexity index is 394. The van der Waals surface area contributed by atoms with Crippen molar-refractivity contribution in [3.63, 3.8) is 0 Å². The van der Waals surface area contributed by atoms with Gasteiger partial charge in [-0.1, -0.05) is 6.92 Å². The summed E-state index contributed by atoms with van der Waals surface area (Å²) >= 11 is 0. The molecule has 3 N–H and O–H groups in total. The summed E-state index contributed by atoms with van der Waals surface area (Å²) in [4.78, 5) is 13.7. The average molecular weight is 278 g/mol. The van der Waals surface area contributed by atoms with Gasteiger partial charge in [-0.2, -0.15) is 0 Å². The predicted molar refractivity (Wildman–Crippen MR) is 68.7 cm³/mol. The van der Waals surface area contributed by atoms with Gasteiger partial charge in [0.15, 0.2) is 9.84 Å². The molecule has 0 aliphatic carbocycles. The number of rotatable bonds is 5. The summed E-state index contributed by atoms with van der Waals surface area (Å²) in [5.41, 5.74) is 5.69. The van der Waals surface area contributed by atoms with Crippen molar-refractivity contribution in [1.29, 1.82) is 0 Å². The molecule has 18 heavy (non-hydrogen) atoms. The fraction of sp³-hybridized carbons (Fsp3) is 0.909. The van der Waals surface area contributed by atoms with Crippen LogP contribution in [0.5, 0.6) is 0 Å². The molecule has 0 aromatic heterocycles. The molecule has 1 heterocycles. The third-order valence-corrected chi connectivity index (χ3v) is 5.20. The average Bonchev–Trinajstić information content (AvgIpc) is 2.64. The number of nitrogens with two attached hydrogens (primary N) is 1. The number of amides is 1. The molecule has 7 heteroatoms. The minimum Gasteiger partial charge on any atom is -0.395 e. The molecule has 1 rings (SSSR count). The maximum absolute atomic E-state index is 12.2. The molecular formula is C11H22N2O4S. The van der Waals surface area contributed by atoms with Crippen LogP contribution in [0.15, 0.2) is 0 Å². The molecule has 0 aromatic carbocycles. The van der Waals surface area contributed by atoms with Crippen LogP contribution in [0.25, 0.3) is 0 Å². The molecule has 0 saturated carbocycles. The number of aliphatic hydroxyl groups excluding tert-OH is 1. The number of carbonyl (C=O) groups excluding carboxylic acids is 1. The van der Waals surface area contributed by atoms with E-state index in [1.807, 2.05) is 0 Å². The summed E-state index contributed by atoms with van der Waals surface area (Å²) in [5.74, 6) is -0.454. The van der Waals surface area contributed by atoms with Gasteiger partial charge in [0.25, 0.3) is 0 Å². The highest BCUT2D eigenvalue weighted by molar-refractivity contribution is 7.91. The van der Waals surface area contributed by atoms with Gasteiger partial charge in [-0.15, -0.1) is 0 Å². The maximum atomic E-state index is 12.2. The number of aliphatic hydroxyl groups is 1. The number of hydrogen-bond acceptors (Lipinski definition) is 5. The summed E-state index contributed by atoms with van der Waals surface area (Å²) < 4.78 is 22.9. The van der Waals surface area contributed by atoms with E-state index in [0.29, 0.717) is 6.42 Å². The molecule has 0 bridgehead atoms. The van der Waals surface area contributed by atoms with E-state index in [9.17, 15) is 13.2 Å². The Morgan fingerprint density at radius 1 is 1.50 bits per heavy atom. The molecule has 3 unspecified atom stereocenters. The first-order valence-electron chi connectivity index (χ1n) is 6.16. The van der Waals surface area contributed by atoms with Crippen molar-refractivity contribution in [2.45, 2.75) is 32.4 Å². The van der Waals surface area contributed by atoms with Crippen LogP contribution in [-0.2, 0) is 14.6 Å². The molecular weight excluding hydrogens is 256 g/mol. The lowest BCUT2D eigenvalue weighted by molar-refractivity contribution is -0.138. The summed E-state index contributed by atoms with van der Waals surface area (Å²) in [6.45, 7) is 3.45. The zero-order valence-corrected chi connectivity index (χ0v) is 11.7. The monoisotopic (exact) mass is 278 g/mol. The summed E-state index contributed by atoms with van der Waals surface area (Å²) in [7, 11) is -3.05. The highest BCUT2D eigenvalue weighted by Crippen LogP contribution is 2.20. The largest absolute Gasteiger partial charge is 0.395 e. The van der Waals surface area contributed by atoms with Crippen molar-refractivity contribution in [2.75, 3.05) is 24.7 Å². The fourth-order valence-electron chi connectivity index (χ4n) is 2.09. The van der Waals surface area contributed by atoms with E-state index in [2.05, 4.69) is 0 Å². The lowest BCUT2D eigenvalue weighted by atomic mass is 10.0. The number of sulfone groups is 1. The molecule has 1 fully saturated rings. The number of hydrogen-bond donors (Lipinski definition) is 2. The zero-order valence-electron chi connectivity index (χ0n) is 10.9. The van der Waals surface area contributed by atoms with Crippen LogP contribution in [0.2, 0.25) is 0 Å². The lowest BCUT2D eigenvalue weighted by Gasteiger charge is -2.31. The Balaban J connectivity index is 2.80. The van der Waals surface area contributed by atoms with Gasteiger partial charge < -0.3 is 15.7 Å². The molecule has 1 amide bonds. The summed E-state index contributed by atoms with van der Waals surface area (Å²) in [6, 6.07) is -0.618. The minimum absolute atomic E-state index is 0.00951. The highest BCUT2D eigenvalue weighted by Gasteiger charge is 2.36. The quantitative estimate of drug-likeness (QED) is 0.670. The Morgan fingerprint density at radius 2 is 2.11 bits per heavy atom. The lowest BCUT2D eigenvalue weighted by Crippen LogP contribution is -2.48. The second-order valence-electron chi connectivity index (χ2n) is 4.96. The Hall–Kier alpha value is -0.660. The first-order valence-corrected chi connectivity index (χ1v) is 7.98. The maximum Gasteiger partial charge on any atom is 0.227 e. The van der Waals surface area contributed by atoms with Gasteiger partial charge in [0.2, 0.25) is 5.91 Å². The highest BCUT2D eigenvalue weighted by atomic mass is 32.2. The van der Waals surface area contributed by atoms with E-state index in [-0.39, 0.29) is 48.6 Å². The van der Waals surface area contributed by atoms with Crippen LogP contribution in [-0.4, -0.2) is 61.1 Å². The second kappa shape index (κ2) is 5.99. The van der Waals surface area contributed by atoms with Gasteiger partial charge in [-0.05, 0) is 13.3 Å². The van der Waals surface area contributed by atoms with Gasteiger partial charge in [0.1, 0.15) is 0 Å². The first-order chi connectivity index (χ1) is 8.28. The Morgan fingerprint density at radius 3 is 2.50 bits per heavy atom. The van der Waals surface area contributed by atoms with Crippen molar-refractivity contribution in [2.24, 2.45) is 11.7 Å². The third-order valence-electron chi connectivity index (χ3n) is 3.45. The van der Waals surface area contributed by atoms with Crippen LogP contribution in [0, 0.1) is 5.92 Å². The molecule has 0 aromatic rings. The normalized spacial score (nSPS) is 25.7. The van der Waals surface area contributed by atoms with Gasteiger partial charge in [-0.3, -0.25) is 4.79 Å². The molecule has 6 nitrogen and oxygen atoms in total. The SMILES string of the molecule is CC(N)C(C)C(=O)N(CCO)C1CCS(=O)(=O)C1. The van der Waals surface area contributed by atoms with E-state index in [4.69, 9.17) is 10.8 Å². The van der Waals surface area contributed by atoms with Crippen LogP contribution >= 0.6 is 0 Å². The van der Waals surface area contributed by atoms with Crippen LogP contribution in [0.4, 0.5) is 0 Å². The van der Waals surface area contributed by atoms with Crippen molar-refractivity contribution in [3.05, 3.63) is 0 Å². The molecule has 0 spiro atoms. The van der Waals surface area contributed by atoms with Crippen molar-refractivity contribution in [1.82, 2.24) is 4.90 Å². The van der Waals surface area contributed by atoms with Gasteiger partial charge >= 0.3 is 0 Å². The molecule has 1 aliphatic rings. The van der Waals surface area contributed by atoms with E-state index < -0.39 is 9.84 Å². The van der Waals surface area contributed by atoms with Gasteiger partial charge in [0, 0.05) is 18.6 Å². The van der Waals surface area contributed by atoms with E-state index in [1.54, 1.807) is 13.8 Å². The Kier molecular flexibility index (Phi) is 5.12. The molecule has 0 radical (unpaired) electrons. The van der Waals surface area contributed by atoms with Gasteiger partial charge in [-0.25, -0.2) is 8.42 Å². The summed E-state index contributed by atoms with van der Waals surface area (Å²) in [5, 5.41) is 9.02. The molecule has 106 valence electrons. The van der Waals surface area contributed by atoms with E-state index in [1.165, 1.54) is 4.90 Å². The van der Waals surface area contributed by atoms with E-state index >= 15 is 0 Å². The standard InChI is InChI=1S/C11H22N2O4S/c1-8(9(2)12)11(15)13(4-5-14)10-3-6-18(16,17)7-10/h8-10,14H,3-7,12H2,1-2H3. The first kappa shape index (κ1) is 15.4. The summed E-state index contributed by atoms with van der Waals surface area (Å²) in [6.07, 6.45) is 0.444. The molecule has 1 aliphatic heterocycles. The fourth-order valence-corrected chi connectivity index (χ4v) is 3.82. The van der Waals surface area contributed by atoms with E-state index in [0.717, 1.165) is 0 Å².